The van der Waals surface area contributed by atoms with Crippen LogP contribution in [0, 0.1) is 0 Å². The van der Waals surface area contributed by atoms with Crippen LogP contribution in [-0.2, 0) is 17.9 Å². The predicted molar refractivity (Wildman–Crippen MR) is 129 cm³/mol. The summed E-state index contributed by atoms with van der Waals surface area (Å²) >= 11 is 1.24. The van der Waals surface area contributed by atoms with Crippen molar-refractivity contribution in [2.45, 2.75) is 20.0 Å². The van der Waals surface area contributed by atoms with Crippen LogP contribution in [0.15, 0.2) is 69.6 Å². The van der Waals surface area contributed by atoms with Crippen molar-refractivity contribution in [1.82, 2.24) is 9.13 Å². The van der Waals surface area contributed by atoms with Gasteiger partial charge in [-0.15, -0.1) is 11.3 Å². The highest BCUT2D eigenvalue weighted by molar-refractivity contribution is 7.17. The van der Waals surface area contributed by atoms with Gasteiger partial charge >= 0.3 is 5.69 Å². The second-order valence-electron chi connectivity index (χ2n) is 7.26. The van der Waals surface area contributed by atoms with Crippen LogP contribution >= 0.6 is 11.3 Å². The Kier molecular flexibility index (Phi) is 6.60. The van der Waals surface area contributed by atoms with Gasteiger partial charge in [-0.1, -0.05) is 18.2 Å². The number of rotatable bonds is 8. The summed E-state index contributed by atoms with van der Waals surface area (Å²) in [5.41, 5.74) is 0.818. The lowest BCUT2D eigenvalue weighted by molar-refractivity contribution is -0.116. The molecule has 2 aromatic carbocycles. The van der Waals surface area contributed by atoms with E-state index in [0.717, 1.165) is 10.1 Å². The molecule has 1 amide bonds. The molecule has 0 bridgehead atoms. The number of nitrogens with zero attached hydrogens (tertiary/aromatic N) is 2. The van der Waals surface area contributed by atoms with Crippen molar-refractivity contribution in [3.8, 4) is 11.5 Å². The average molecular weight is 466 g/mol. The first-order valence-corrected chi connectivity index (χ1v) is 11.2. The fraction of sp³-hybridized carbons (Fsp3) is 0.208. The maximum atomic E-state index is 13.3. The third-order valence-electron chi connectivity index (χ3n) is 5.04. The monoisotopic (exact) mass is 465 g/mol. The van der Waals surface area contributed by atoms with Gasteiger partial charge in [-0.3, -0.25) is 18.7 Å². The highest BCUT2D eigenvalue weighted by atomic mass is 32.1. The first kappa shape index (κ1) is 22.3. The molecule has 0 aliphatic heterocycles. The van der Waals surface area contributed by atoms with E-state index in [1.54, 1.807) is 48.9 Å². The Morgan fingerprint density at radius 3 is 2.61 bits per heavy atom. The Morgan fingerprint density at radius 1 is 1.03 bits per heavy atom. The molecule has 0 saturated heterocycles. The van der Waals surface area contributed by atoms with E-state index in [4.69, 9.17) is 9.47 Å². The van der Waals surface area contributed by atoms with E-state index in [1.165, 1.54) is 15.9 Å². The molecule has 0 unspecified atom stereocenters. The summed E-state index contributed by atoms with van der Waals surface area (Å²) in [6.45, 7) is 2.24. The zero-order valence-electron chi connectivity index (χ0n) is 18.2. The van der Waals surface area contributed by atoms with E-state index in [-0.39, 0.29) is 24.6 Å². The van der Waals surface area contributed by atoms with Gasteiger partial charge in [-0.2, -0.15) is 0 Å². The molecule has 8 nitrogen and oxygen atoms in total. The summed E-state index contributed by atoms with van der Waals surface area (Å²) in [6.07, 6.45) is 0. The van der Waals surface area contributed by atoms with Crippen molar-refractivity contribution in [3.05, 3.63) is 86.4 Å². The zero-order chi connectivity index (χ0) is 23.4. The number of carbonyl (C=O) groups is 1. The lowest BCUT2D eigenvalue weighted by Crippen LogP contribution is -2.41. The molecule has 0 aliphatic carbocycles. The van der Waals surface area contributed by atoms with Crippen LogP contribution in [0.5, 0.6) is 11.5 Å². The lowest BCUT2D eigenvalue weighted by Gasteiger charge is -2.13. The number of ether oxygens (including phenoxy) is 2. The number of anilines is 1. The molecule has 0 fully saturated rings. The van der Waals surface area contributed by atoms with Gasteiger partial charge in [-0.05, 0) is 48.2 Å². The number of nitrogens with one attached hydrogen (secondary N) is 1. The summed E-state index contributed by atoms with van der Waals surface area (Å²) in [7, 11) is 1.54. The molecule has 0 radical (unpaired) electrons. The van der Waals surface area contributed by atoms with Gasteiger partial charge in [0.05, 0.1) is 25.8 Å². The van der Waals surface area contributed by atoms with Gasteiger partial charge in [0.2, 0.25) is 5.91 Å². The number of amides is 1. The van der Waals surface area contributed by atoms with E-state index in [0.29, 0.717) is 34.0 Å². The van der Waals surface area contributed by atoms with Gasteiger partial charge < -0.3 is 14.8 Å². The van der Waals surface area contributed by atoms with Crippen molar-refractivity contribution in [1.29, 1.82) is 0 Å². The number of carbonyl (C=O) groups excluding carboxylic acids is 1. The van der Waals surface area contributed by atoms with Crippen LogP contribution in [0.25, 0.3) is 10.2 Å². The summed E-state index contributed by atoms with van der Waals surface area (Å²) in [5, 5.41) is 4.51. The number of hydrogen-bond donors (Lipinski definition) is 1. The molecule has 4 aromatic rings. The summed E-state index contributed by atoms with van der Waals surface area (Å²) in [6, 6.07) is 15.9. The van der Waals surface area contributed by atoms with Crippen molar-refractivity contribution in [2.24, 2.45) is 0 Å². The Balaban J connectivity index is 1.68. The average Bonchev–Trinajstić information content (AvgIpc) is 3.30. The first-order valence-electron chi connectivity index (χ1n) is 10.4. The van der Waals surface area contributed by atoms with Crippen LogP contribution in [0.1, 0.15) is 12.5 Å². The molecule has 0 spiro atoms. The van der Waals surface area contributed by atoms with Gasteiger partial charge in [0.15, 0.2) is 0 Å². The van der Waals surface area contributed by atoms with Crippen molar-refractivity contribution >= 4 is 33.1 Å². The van der Waals surface area contributed by atoms with E-state index < -0.39 is 5.69 Å². The largest absolute Gasteiger partial charge is 0.497 e. The van der Waals surface area contributed by atoms with Crippen molar-refractivity contribution < 1.29 is 14.3 Å². The maximum absolute atomic E-state index is 13.3. The third kappa shape index (κ3) is 4.83. The highest BCUT2D eigenvalue weighted by Gasteiger charge is 2.17. The van der Waals surface area contributed by atoms with E-state index in [9.17, 15) is 14.4 Å². The van der Waals surface area contributed by atoms with E-state index in [2.05, 4.69) is 5.32 Å². The molecule has 2 aromatic heterocycles. The van der Waals surface area contributed by atoms with Crippen molar-refractivity contribution in [3.63, 3.8) is 0 Å². The van der Waals surface area contributed by atoms with Gasteiger partial charge in [0, 0.05) is 11.8 Å². The van der Waals surface area contributed by atoms with E-state index >= 15 is 0 Å². The molecule has 2 heterocycles. The summed E-state index contributed by atoms with van der Waals surface area (Å²) in [5.74, 6) is 0.882. The minimum absolute atomic E-state index is 0.0733. The summed E-state index contributed by atoms with van der Waals surface area (Å²) < 4.78 is 13.6. The molecule has 1 N–H and O–H groups in total. The Bertz CT molecular complexity index is 1420. The number of benzene rings is 2. The third-order valence-corrected chi connectivity index (χ3v) is 5.93. The number of thiophene rings is 1. The minimum Gasteiger partial charge on any atom is -0.497 e. The standard InChI is InChI=1S/C24H23N3O5S/c1-3-32-19-9-4-6-16(12-19)14-27-23(29)22-20(10-11-33-22)26(24(27)30)15-21(28)25-17-7-5-8-18(13-17)31-2/h4-13H,3,14-15H2,1-2H3,(H,25,28). The zero-order valence-corrected chi connectivity index (χ0v) is 19.1. The molecular weight excluding hydrogens is 442 g/mol. The van der Waals surface area contributed by atoms with Crippen LogP contribution < -0.4 is 26.0 Å². The van der Waals surface area contributed by atoms with Crippen LogP contribution in [-0.4, -0.2) is 28.8 Å². The maximum Gasteiger partial charge on any atom is 0.332 e. The highest BCUT2D eigenvalue weighted by Crippen LogP contribution is 2.19. The molecule has 0 aliphatic rings. The SMILES string of the molecule is CCOc1cccc(Cn2c(=O)c3sccc3n(CC(=O)Nc3cccc(OC)c3)c2=O)c1. The second kappa shape index (κ2) is 9.74. The van der Waals surface area contributed by atoms with Gasteiger partial charge in [-0.25, -0.2) is 4.79 Å². The molecule has 4 rings (SSSR count). The molecule has 0 atom stereocenters. The van der Waals surface area contributed by atoms with Crippen LogP contribution in [0.4, 0.5) is 5.69 Å². The number of hydrogen-bond acceptors (Lipinski definition) is 6. The van der Waals surface area contributed by atoms with Crippen LogP contribution in [0.3, 0.4) is 0 Å². The van der Waals surface area contributed by atoms with E-state index in [1.807, 2.05) is 25.1 Å². The fourth-order valence-corrected chi connectivity index (χ4v) is 4.40. The molecular formula is C24H23N3O5S. The normalized spacial score (nSPS) is 10.8. The number of fused-ring (bicyclic) bond motifs is 1. The van der Waals surface area contributed by atoms with Gasteiger partial charge in [0.25, 0.3) is 5.56 Å². The number of aromatic nitrogens is 2. The summed E-state index contributed by atoms with van der Waals surface area (Å²) in [4.78, 5) is 39.1. The van der Waals surface area contributed by atoms with Crippen molar-refractivity contribution in [2.75, 3.05) is 19.0 Å². The molecule has 9 heteroatoms. The van der Waals surface area contributed by atoms with Crippen LogP contribution in [0.2, 0.25) is 0 Å². The second-order valence-corrected chi connectivity index (χ2v) is 8.17. The fourth-order valence-electron chi connectivity index (χ4n) is 3.55. The Labute approximate surface area is 193 Å². The number of methoxy groups -OCH3 is 1. The molecule has 33 heavy (non-hydrogen) atoms. The molecule has 170 valence electrons. The Morgan fingerprint density at radius 2 is 1.82 bits per heavy atom. The first-order chi connectivity index (χ1) is 16.0. The lowest BCUT2D eigenvalue weighted by atomic mass is 10.2. The predicted octanol–water partition coefficient (Wildman–Crippen LogP) is 3.32. The topological polar surface area (TPSA) is 91.6 Å². The smallest absolute Gasteiger partial charge is 0.332 e. The van der Waals surface area contributed by atoms with Gasteiger partial charge in [0.1, 0.15) is 22.7 Å². The molecule has 0 saturated carbocycles. The quantitative estimate of drug-likeness (QED) is 0.431. The Hall–Kier alpha value is -3.85. The minimum atomic E-state index is -0.548.